The van der Waals surface area contributed by atoms with Crippen LogP contribution in [-0.4, -0.2) is 13.2 Å². The lowest BCUT2D eigenvalue weighted by Gasteiger charge is -2.10. The molecule has 0 spiro atoms. The van der Waals surface area contributed by atoms with Crippen molar-refractivity contribution >= 4 is 23.2 Å². The number of hydrogen-bond donors (Lipinski definition) is 1. The molecule has 4 heteroatoms. The van der Waals surface area contributed by atoms with Gasteiger partial charge in [-0.3, -0.25) is 0 Å². The van der Waals surface area contributed by atoms with Gasteiger partial charge in [-0.05, 0) is 53.8 Å². The summed E-state index contributed by atoms with van der Waals surface area (Å²) in [5.41, 5.74) is 3.29. The lowest BCUT2D eigenvalue weighted by atomic mass is 10.0. The Morgan fingerprint density at radius 3 is 2.43 bits per heavy atom. The molecular formula is C17H17Cl2NO. The predicted molar refractivity (Wildman–Crippen MR) is 88.3 cm³/mol. The van der Waals surface area contributed by atoms with E-state index in [4.69, 9.17) is 27.9 Å². The zero-order valence-electron chi connectivity index (χ0n) is 11.8. The molecule has 110 valence electrons. The third-order valence-electron chi connectivity index (χ3n) is 3.69. The monoisotopic (exact) mass is 321 g/mol. The highest BCUT2D eigenvalue weighted by molar-refractivity contribution is 6.32. The molecule has 0 heterocycles. The second-order valence-electron chi connectivity index (χ2n) is 5.31. The maximum Gasteiger partial charge on any atom is 0.137 e. The zero-order valence-corrected chi connectivity index (χ0v) is 13.3. The van der Waals surface area contributed by atoms with E-state index in [-0.39, 0.29) is 0 Å². The quantitative estimate of drug-likeness (QED) is 0.843. The molecule has 0 atom stereocenters. The van der Waals surface area contributed by atoms with Crippen molar-refractivity contribution in [1.29, 1.82) is 0 Å². The van der Waals surface area contributed by atoms with Crippen molar-refractivity contribution in [3.05, 3.63) is 52.0 Å². The first-order chi connectivity index (χ1) is 10.2. The molecule has 0 radical (unpaired) electrons. The number of hydrogen-bond acceptors (Lipinski definition) is 2. The van der Waals surface area contributed by atoms with Crippen molar-refractivity contribution in [2.45, 2.75) is 25.4 Å². The Morgan fingerprint density at radius 2 is 1.76 bits per heavy atom. The van der Waals surface area contributed by atoms with Gasteiger partial charge in [0.25, 0.3) is 0 Å². The van der Waals surface area contributed by atoms with Crippen LogP contribution in [0.2, 0.25) is 10.0 Å². The Labute approximate surface area is 135 Å². The minimum absolute atomic E-state index is 0.614. The summed E-state index contributed by atoms with van der Waals surface area (Å²) in [6.45, 7) is 0.807. The first-order valence-electron chi connectivity index (χ1n) is 7.03. The smallest absolute Gasteiger partial charge is 0.137 e. The molecule has 2 nitrogen and oxygen atoms in total. The van der Waals surface area contributed by atoms with Crippen LogP contribution in [-0.2, 0) is 6.54 Å². The molecule has 0 bridgehead atoms. The summed E-state index contributed by atoms with van der Waals surface area (Å²) in [5.74, 6) is 0.685. The van der Waals surface area contributed by atoms with Crippen molar-refractivity contribution in [2.75, 3.05) is 7.11 Å². The van der Waals surface area contributed by atoms with Gasteiger partial charge in [0.15, 0.2) is 0 Å². The molecule has 0 aromatic heterocycles. The highest BCUT2D eigenvalue weighted by Gasteiger charge is 2.20. The fraction of sp³-hybridized carbons (Fsp3) is 0.294. The zero-order chi connectivity index (χ0) is 14.8. The summed E-state index contributed by atoms with van der Waals surface area (Å²) in [6, 6.07) is 12.6. The largest absolute Gasteiger partial charge is 0.495 e. The fourth-order valence-corrected chi connectivity index (χ4v) is 2.72. The number of nitrogens with one attached hydrogen (secondary N) is 1. The molecule has 2 aromatic rings. The SMILES string of the molecule is COc1ccc(-c2ccc(Cl)c(CNC3CC3)c2)cc1Cl. The maximum absolute atomic E-state index is 6.28. The van der Waals surface area contributed by atoms with Crippen molar-refractivity contribution in [2.24, 2.45) is 0 Å². The average molecular weight is 322 g/mol. The van der Waals surface area contributed by atoms with E-state index in [1.807, 2.05) is 30.3 Å². The van der Waals surface area contributed by atoms with E-state index in [0.717, 1.165) is 28.3 Å². The van der Waals surface area contributed by atoms with Crippen LogP contribution in [0, 0.1) is 0 Å². The standard InChI is InChI=1S/C17H17Cl2NO/c1-21-17-7-3-12(9-16(17)19)11-2-6-15(18)13(8-11)10-20-14-4-5-14/h2-3,6-9,14,20H,4-5,10H2,1H3. The molecular weight excluding hydrogens is 305 g/mol. The van der Waals surface area contributed by atoms with Crippen LogP contribution in [0.15, 0.2) is 36.4 Å². The van der Waals surface area contributed by atoms with Gasteiger partial charge in [-0.25, -0.2) is 0 Å². The van der Waals surface area contributed by atoms with Gasteiger partial charge in [-0.1, -0.05) is 35.3 Å². The Bertz CT molecular complexity index is 653. The molecule has 1 aliphatic rings. The maximum atomic E-state index is 6.28. The number of benzene rings is 2. The van der Waals surface area contributed by atoms with Gasteiger partial charge in [-0.15, -0.1) is 0 Å². The Balaban J connectivity index is 1.86. The summed E-state index contributed by atoms with van der Waals surface area (Å²) in [4.78, 5) is 0. The molecule has 1 fully saturated rings. The van der Waals surface area contributed by atoms with Crippen molar-refractivity contribution in [1.82, 2.24) is 5.32 Å². The Kier molecular flexibility index (Phi) is 4.39. The van der Waals surface area contributed by atoms with E-state index in [9.17, 15) is 0 Å². The van der Waals surface area contributed by atoms with Crippen LogP contribution in [0.4, 0.5) is 0 Å². The average Bonchev–Trinajstić information content (AvgIpc) is 3.30. The number of ether oxygens (including phenoxy) is 1. The molecule has 0 saturated heterocycles. The summed E-state index contributed by atoms with van der Waals surface area (Å²) < 4.78 is 5.19. The molecule has 1 saturated carbocycles. The van der Waals surface area contributed by atoms with Crippen LogP contribution >= 0.6 is 23.2 Å². The lowest BCUT2D eigenvalue weighted by molar-refractivity contribution is 0.415. The van der Waals surface area contributed by atoms with E-state index in [1.165, 1.54) is 12.8 Å². The van der Waals surface area contributed by atoms with Gasteiger partial charge in [0.2, 0.25) is 0 Å². The summed E-state index contributed by atoms with van der Waals surface area (Å²) in [5, 5.41) is 4.90. The van der Waals surface area contributed by atoms with Gasteiger partial charge >= 0.3 is 0 Å². The second-order valence-corrected chi connectivity index (χ2v) is 6.13. The normalized spacial score (nSPS) is 14.2. The van der Waals surface area contributed by atoms with Crippen molar-refractivity contribution in [3.8, 4) is 16.9 Å². The highest BCUT2D eigenvalue weighted by atomic mass is 35.5. The van der Waals surface area contributed by atoms with Gasteiger partial charge in [0.1, 0.15) is 5.75 Å². The lowest BCUT2D eigenvalue weighted by Crippen LogP contribution is -2.15. The van der Waals surface area contributed by atoms with Crippen LogP contribution in [0.5, 0.6) is 5.75 Å². The molecule has 0 aliphatic heterocycles. The molecule has 0 amide bonds. The van der Waals surface area contributed by atoms with Gasteiger partial charge < -0.3 is 10.1 Å². The number of rotatable bonds is 5. The predicted octanol–water partition coefficient (Wildman–Crippen LogP) is 4.92. The first kappa shape index (κ1) is 14.7. The summed E-state index contributed by atoms with van der Waals surface area (Å²) in [6.07, 6.45) is 2.54. The van der Waals surface area contributed by atoms with Crippen LogP contribution in [0.25, 0.3) is 11.1 Å². The van der Waals surface area contributed by atoms with E-state index < -0.39 is 0 Å². The van der Waals surface area contributed by atoms with Gasteiger partial charge in [0, 0.05) is 17.6 Å². The Morgan fingerprint density at radius 1 is 1.05 bits per heavy atom. The second kappa shape index (κ2) is 6.27. The van der Waals surface area contributed by atoms with E-state index >= 15 is 0 Å². The van der Waals surface area contributed by atoms with E-state index in [2.05, 4.69) is 11.4 Å². The van der Waals surface area contributed by atoms with Crippen molar-refractivity contribution in [3.63, 3.8) is 0 Å². The van der Waals surface area contributed by atoms with Gasteiger partial charge in [-0.2, -0.15) is 0 Å². The number of methoxy groups -OCH3 is 1. The molecule has 2 aromatic carbocycles. The van der Waals surface area contributed by atoms with Crippen LogP contribution < -0.4 is 10.1 Å². The van der Waals surface area contributed by atoms with Crippen LogP contribution in [0.3, 0.4) is 0 Å². The summed E-state index contributed by atoms with van der Waals surface area (Å²) >= 11 is 12.5. The molecule has 0 unspecified atom stereocenters. The summed E-state index contributed by atoms with van der Waals surface area (Å²) in [7, 11) is 1.62. The topological polar surface area (TPSA) is 21.3 Å². The third kappa shape index (κ3) is 3.52. The molecule has 21 heavy (non-hydrogen) atoms. The van der Waals surface area contributed by atoms with E-state index in [0.29, 0.717) is 16.8 Å². The van der Waals surface area contributed by atoms with Crippen molar-refractivity contribution < 1.29 is 4.74 Å². The number of halogens is 2. The minimum Gasteiger partial charge on any atom is -0.495 e. The molecule has 1 aliphatic carbocycles. The van der Waals surface area contributed by atoms with Crippen LogP contribution in [0.1, 0.15) is 18.4 Å². The fourth-order valence-electron chi connectivity index (χ4n) is 2.28. The van der Waals surface area contributed by atoms with Gasteiger partial charge in [0.05, 0.1) is 12.1 Å². The third-order valence-corrected chi connectivity index (χ3v) is 4.35. The highest BCUT2D eigenvalue weighted by Crippen LogP contribution is 2.32. The molecule has 3 rings (SSSR count). The van der Waals surface area contributed by atoms with E-state index in [1.54, 1.807) is 7.11 Å². The Hall–Kier alpha value is -1.22. The minimum atomic E-state index is 0.614. The first-order valence-corrected chi connectivity index (χ1v) is 7.78. The molecule has 1 N–H and O–H groups in total.